The lowest BCUT2D eigenvalue weighted by molar-refractivity contribution is 0.0947. The fourth-order valence-electron chi connectivity index (χ4n) is 2.39. The van der Waals surface area contributed by atoms with Crippen LogP contribution in [0.25, 0.3) is 11.3 Å². The Morgan fingerprint density at radius 3 is 2.58 bits per heavy atom. The molecule has 0 saturated carbocycles. The van der Waals surface area contributed by atoms with E-state index in [2.05, 4.69) is 5.32 Å². The Morgan fingerprint density at radius 1 is 1.04 bits per heavy atom. The highest BCUT2D eigenvalue weighted by molar-refractivity contribution is 6.00. The molecule has 0 bridgehead atoms. The van der Waals surface area contributed by atoms with Gasteiger partial charge < -0.3 is 14.5 Å². The van der Waals surface area contributed by atoms with Gasteiger partial charge in [-0.25, -0.2) is 0 Å². The third-order valence-electron chi connectivity index (χ3n) is 3.64. The molecular weight excluding hydrogens is 302 g/mol. The number of amides is 1. The first-order valence-electron chi connectivity index (χ1n) is 7.84. The molecule has 0 saturated heterocycles. The molecule has 24 heavy (non-hydrogen) atoms. The van der Waals surface area contributed by atoms with Crippen molar-refractivity contribution in [2.45, 2.75) is 6.92 Å². The monoisotopic (exact) mass is 321 g/mol. The molecule has 0 aliphatic heterocycles. The van der Waals surface area contributed by atoms with Crippen LogP contribution in [-0.2, 0) is 0 Å². The Morgan fingerprint density at radius 2 is 1.83 bits per heavy atom. The van der Waals surface area contributed by atoms with E-state index in [1.165, 1.54) is 5.56 Å². The Labute approximate surface area is 141 Å². The summed E-state index contributed by atoms with van der Waals surface area (Å²) in [5.41, 5.74) is 2.55. The van der Waals surface area contributed by atoms with E-state index in [9.17, 15) is 4.79 Å². The number of hydrogen-bond acceptors (Lipinski definition) is 3. The summed E-state index contributed by atoms with van der Waals surface area (Å²) in [6.45, 7) is 2.87. The van der Waals surface area contributed by atoms with E-state index in [0.29, 0.717) is 24.5 Å². The maximum atomic E-state index is 12.4. The number of hydrogen-bond donors (Lipinski definition) is 1. The second kappa shape index (κ2) is 7.51. The van der Waals surface area contributed by atoms with Crippen LogP contribution in [0.1, 0.15) is 15.9 Å². The van der Waals surface area contributed by atoms with Crippen LogP contribution in [0.15, 0.2) is 71.3 Å². The highest BCUT2D eigenvalue weighted by atomic mass is 16.5. The van der Waals surface area contributed by atoms with Crippen LogP contribution in [0.3, 0.4) is 0 Å². The summed E-state index contributed by atoms with van der Waals surface area (Å²) in [5, 5.41) is 2.88. The average molecular weight is 321 g/mol. The summed E-state index contributed by atoms with van der Waals surface area (Å²) in [7, 11) is 0. The van der Waals surface area contributed by atoms with Gasteiger partial charge in [-0.2, -0.15) is 0 Å². The summed E-state index contributed by atoms with van der Waals surface area (Å²) in [6.07, 6.45) is 1.60. The highest BCUT2D eigenvalue weighted by Crippen LogP contribution is 2.23. The predicted octanol–water partition coefficient (Wildman–Crippen LogP) is 4.06. The molecule has 4 heteroatoms. The number of furan rings is 1. The topological polar surface area (TPSA) is 51.5 Å². The zero-order chi connectivity index (χ0) is 16.8. The van der Waals surface area contributed by atoms with E-state index >= 15 is 0 Å². The molecule has 3 rings (SSSR count). The van der Waals surface area contributed by atoms with E-state index in [0.717, 1.165) is 11.3 Å². The number of carbonyl (C=O) groups excluding carboxylic acids is 1. The first kappa shape index (κ1) is 15.9. The molecule has 1 amide bonds. The standard InChI is InChI=1S/C20H19NO3/c1-15-8-10-16(11-9-15)23-14-12-21-20(22)18-6-3-2-5-17(18)19-7-4-13-24-19/h2-11,13H,12,14H2,1H3,(H,21,22). The smallest absolute Gasteiger partial charge is 0.252 e. The molecule has 122 valence electrons. The molecular formula is C20H19NO3. The van der Waals surface area contributed by atoms with E-state index in [1.807, 2.05) is 55.5 Å². The summed E-state index contributed by atoms with van der Waals surface area (Å²) in [4.78, 5) is 12.4. The predicted molar refractivity (Wildman–Crippen MR) is 93.2 cm³/mol. The molecule has 0 unspecified atom stereocenters. The molecule has 0 aliphatic carbocycles. The van der Waals surface area contributed by atoms with E-state index in [1.54, 1.807) is 18.4 Å². The van der Waals surface area contributed by atoms with Gasteiger partial charge in [0, 0.05) is 5.56 Å². The average Bonchev–Trinajstić information content (AvgIpc) is 3.14. The largest absolute Gasteiger partial charge is 0.492 e. The molecule has 0 atom stereocenters. The molecule has 0 spiro atoms. The van der Waals surface area contributed by atoms with Gasteiger partial charge >= 0.3 is 0 Å². The minimum atomic E-state index is -0.144. The zero-order valence-electron chi connectivity index (χ0n) is 13.5. The van der Waals surface area contributed by atoms with Gasteiger partial charge in [0.1, 0.15) is 18.1 Å². The Balaban J connectivity index is 1.57. The fourth-order valence-corrected chi connectivity index (χ4v) is 2.39. The second-order valence-electron chi connectivity index (χ2n) is 5.44. The van der Waals surface area contributed by atoms with Crippen LogP contribution < -0.4 is 10.1 Å². The van der Waals surface area contributed by atoms with Crippen molar-refractivity contribution in [1.29, 1.82) is 0 Å². The first-order valence-corrected chi connectivity index (χ1v) is 7.84. The van der Waals surface area contributed by atoms with Crippen molar-refractivity contribution in [2.24, 2.45) is 0 Å². The third-order valence-corrected chi connectivity index (χ3v) is 3.64. The highest BCUT2D eigenvalue weighted by Gasteiger charge is 2.13. The van der Waals surface area contributed by atoms with Crippen LogP contribution in [0.2, 0.25) is 0 Å². The maximum Gasteiger partial charge on any atom is 0.252 e. The molecule has 2 aromatic carbocycles. The SMILES string of the molecule is Cc1ccc(OCCNC(=O)c2ccccc2-c2ccco2)cc1. The lowest BCUT2D eigenvalue weighted by atomic mass is 10.0. The van der Waals surface area contributed by atoms with Crippen molar-refractivity contribution in [2.75, 3.05) is 13.2 Å². The lowest BCUT2D eigenvalue weighted by Crippen LogP contribution is -2.28. The van der Waals surface area contributed by atoms with Crippen molar-refractivity contribution in [3.8, 4) is 17.1 Å². The van der Waals surface area contributed by atoms with Crippen LogP contribution >= 0.6 is 0 Å². The van der Waals surface area contributed by atoms with Crippen LogP contribution in [0.5, 0.6) is 5.75 Å². The van der Waals surface area contributed by atoms with Crippen LogP contribution in [0.4, 0.5) is 0 Å². The molecule has 4 nitrogen and oxygen atoms in total. The second-order valence-corrected chi connectivity index (χ2v) is 5.44. The van der Waals surface area contributed by atoms with Gasteiger partial charge in [0.25, 0.3) is 5.91 Å². The fraction of sp³-hybridized carbons (Fsp3) is 0.150. The summed E-state index contributed by atoms with van der Waals surface area (Å²) >= 11 is 0. The number of carbonyl (C=O) groups is 1. The molecule has 1 N–H and O–H groups in total. The van der Waals surface area contributed by atoms with Gasteiger partial charge in [-0.05, 0) is 37.3 Å². The summed E-state index contributed by atoms with van der Waals surface area (Å²) in [6, 6.07) is 18.9. The number of benzene rings is 2. The Kier molecular flexibility index (Phi) is 4.96. The summed E-state index contributed by atoms with van der Waals surface area (Å²) in [5.74, 6) is 1.33. The van der Waals surface area contributed by atoms with Crippen molar-refractivity contribution in [3.63, 3.8) is 0 Å². The van der Waals surface area contributed by atoms with Gasteiger partial charge in [-0.3, -0.25) is 4.79 Å². The van der Waals surface area contributed by atoms with Gasteiger partial charge in [0.05, 0.1) is 18.4 Å². The minimum Gasteiger partial charge on any atom is -0.492 e. The van der Waals surface area contributed by atoms with E-state index < -0.39 is 0 Å². The first-order chi connectivity index (χ1) is 11.7. The number of ether oxygens (including phenoxy) is 1. The maximum absolute atomic E-state index is 12.4. The van der Waals surface area contributed by atoms with Crippen molar-refractivity contribution in [1.82, 2.24) is 5.32 Å². The van der Waals surface area contributed by atoms with Gasteiger partial charge in [-0.15, -0.1) is 0 Å². The Bertz CT molecular complexity index is 792. The molecule has 0 aliphatic rings. The molecule has 3 aromatic rings. The molecule has 0 fully saturated rings. The minimum absolute atomic E-state index is 0.144. The van der Waals surface area contributed by atoms with E-state index in [4.69, 9.17) is 9.15 Å². The zero-order valence-corrected chi connectivity index (χ0v) is 13.5. The molecule has 1 heterocycles. The Hall–Kier alpha value is -3.01. The van der Waals surface area contributed by atoms with Crippen molar-refractivity contribution >= 4 is 5.91 Å². The van der Waals surface area contributed by atoms with E-state index in [-0.39, 0.29) is 5.91 Å². The number of aryl methyl sites for hydroxylation is 1. The molecule has 1 aromatic heterocycles. The van der Waals surface area contributed by atoms with Gasteiger partial charge in [0.15, 0.2) is 0 Å². The van der Waals surface area contributed by atoms with Crippen LogP contribution in [0, 0.1) is 6.92 Å². The normalized spacial score (nSPS) is 10.4. The van der Waals surface area contributed by atoms with Crippen LogP contribution in [-0.4, -0.2) is 19.1 Å². The van der Waals surface area contributed by atoms with Crippen molar-refractivity contribution in [3.05, 3.63) is 78.1 Å². The quantitative estimate of drug-likeness (QED) is 0.696. The number of nitrogens with one attached hydrogen (secondary N) is 1. The van der Waals surface area contributed by atoms with Gasteiger partial charge in [-0.1, -0.05) is 35.9 Å². The third kappa shape index (κ3) is 3.84. The molecule has 0 radical (unpaired) electrons. The summed E-state index contributed by atoms with van der Waals surface area (Å²) < 4.78 is 11.0. The van der Waals surface area contributed by atoms with Gasteiger partial charge in [0.2, 0.25) is 0 Å². The van der Waals surface area contributed by atoms with Crippen molar-refractivity contribution < 1.29 is 13.9 Å². The lowest BCUT2D eigenvalue weighted by Gasteiger charge is -2.10. The number of rotatable bonds is 6.